The van der Waals surface area contributed by atoms with Gasteiger partial charge < -0.3 is 4.74 Å². The zero-order valence-electron chi connectivity index (χ0n) is 8.83. The number of ether oxygens (including phenoxy) is 1. The van der Waals surface area contributed by atoms with Gasteiger partial charge in [-0.2, -0.15) is 0 Å². The number of para-hydroxylation sites is 1. The summed E-state index contributed by atoms with van der Waals surface area (Å²) in [4.78, 5) is 10.5. The molecule has 0 aliphatic carbocycles. The van der Waals surface area contributed by atoms with Gasteiger partial charge in [0.2, 0.25) is 0 Å². The molecule has 0 atom stereocenters. The van der Waals surface area contributed by atoms with E-state index in [0.717, 1.165) is 11.3 Å². The number of carbonyl (C=O) groups excluding carboxylic acids is 1. The Bertz CT molecular complexity index is 493. The summed E-state index contributed by atoms with van der Waals surface area (Å²) in [6.45, 7) is 0.493. The van der Waals surface area contributed by atoms with Gasteiger partial charge in [0, 0.05) is 12.7 Å². The number of methoxy groups -OCH3 is 1. The molecule has 2 aromatic rings. The van der Waals surface area contributed by atoms with Gasteiger partial charge in [0.1, 0.15) is 5.69 Å². The molecule has 0 spiro atoms. The minimum absolute atomic E-state index is 0.312. The number of nitrogens with zero attached hydrogens (tertiary/aromatic N) is 3. The molecule has 0 bridgehead atoms. The van der Waals surface area contributed by atoms with Crippen LogP contribution in [-0.2, 0) is 11.3 Å². The van der Waals surface area contributed by atoms with Crippen molar-refractivity contribution in [1.29, 1.82) is 0 Å². The number of rotatable bonds is 4. The summed E-state index contributed by atoms with van der Waals surface area (Å²) in [7, 11) is 1.63. The fourth-order valence-corrected chi connectivity index (χ4v) is 1.46. The Labute approximate surface area is 92.7 Å². The number of hydrogen-bond acceptors (Lipinski definition) is 4. The molecule has 5 nitrogen and oxygen atoms in total. The highest BCUT2D eigenvalue weighted by Gasteiger charge is 2.06. The minimum atomic E-state index is 0.312. The van der Waals surface area contributed by atoms with Gasteiger partial charge in [0.25, 0.3) is 0 Å². The number of benzene rings is 1. The van der Waals surface area contributed by atoms with Gasteiger partial charge in [-0.25, -0.2) is 4.68 Å². The fourth-order valence-electron chi connectivity index (χ4n) is 1.46. The van der Waals surface area contributed by atoms with Gasteiger partial charge in [-0.3, -0.25) is 4.79 Å². The highest BCUT2D eigenvalue weighted by Crippen LogP contribution is 2.14. The summed E-state index contributed by atoms with van der Waals surface area (Å²) >= 11 is 0. The molecule has 82 valence electrons. The van der Waals surface area contributed by atoms with Gasteiger partial charge >= 0.3 is 0 Å². The van der Waals surface area contributed by atoms with Crippen molar-refractivity contribution in [2.24, 2.45) is 0 Å². The van der Waals surface area contributed by atoms with E-state index in [2.05, 4.69) is 10.3 Å². The van der Waals surface area contributed by atoms with Gasteiger partial charge in [-0.15, -0.1) is 5.10 Å². The van der Waals surface area contributed by atoms with Crippen LogP contribution in [0.2, 0.25) is 0 Å². The first kappa shape index (κ1) is 10.5. The molecule has 2 rings (SSSR count). The van der Waals surface area contributed by atoms with Gasteiger partial charge in [-0.05, 0) is 6.07 Å². The molecule has 1 aromatic heterocycles. The second-order valence-electron chi connectivity index (χ2n) is 3.27. The topological polar surface area (TPSA) is 57.0 Å². The van der Waals surface area contributed by atoms with Crippen LogP contribution in [-0.4, -0.2) is 28.4 Å². The maximum Gasteiger partial charge on any atom is 0.171 e. The monoisotopic (exact) mass is 217 g/mol. The van der Waals surface area contributed by atoms with Crippen LogP contribution >= 0.6 is 0 Å². The SMILES string of the molecule is COCc1ccccc1-n1cc(C=O)nn1. The van der Waals surface area contributed by atoms with E-state index in [-0.39, 0.29) is 0 Å². The zero-order chi connectivity index (χ0) is 11.4. The van der Waals surface area contributed by atoms with E-state index in [4.69, 9.17) is 4.74 Å². The van der Waals surface area contributed by atoms with Crippen molar-refractivity contribution >= 4 is 6.29 Å². The van der Waals surface area contributed by atoms with E-state index in [1.165, 1.54) is 0 Å². The van der Waals surface area contributed by atoms with Gasteiger partial charge in [-0.1, -0.05) is 23.4 Å². The third-order valence-electron chi connectivity index (χ3n) is 2.17. The summed E-state index contributed by atoms with van der Waals surface area (Å²) in [5, 5.41) is 7.60. The smallest absolute Gasteiger partial charge is 0.171 e. The molecular weight excluding hydrogens is 206 g/mol. The van der Waals surface area contributed by atoms with Crippen LogP contribution in [0.25, 0.3) is 5.69 Å². The Balaban J connectivity index is 2.42. The predicted molar refractivity (Wildman–Crippen MR) is 57.5 cm³/mol. The van der Waals surface area contributed by atoms with E-state index in [1.54, 1.807) is 18.0 Å². The summed E-state index contributed by atoms with van der Waals surface area (Å²) < 4.78 is 6.66. The Kier molecular flexibility index (Phi) is 3.07. The van der Waals surface area contributed by atoms with E-state index < -0.39 is 0 Å². The van der Waals surface area contributed by atoms with Crippen LogP contribution < -0.4 is 0 Å². The Morgan fingerprint density at radius 2 is 2.25 bits per heavy atom. The molecule has 0 saturated carbocycles. The lowest BCUT2D eigenvalue weighted by Crippen LogP contribution is -2.01. The number of aldehydes is 1. The summed E-state index contributed by atoms with van der Waals surface area (Å²) in [5.41, 5.74) is 2.17. The average molecular weight is 217 g/mol. The first-order valence-corrected chi connectivity index (χ1v) is 4.80. The molecule has 0 fully saturated rings. The maximum atomic E-state index is 10.5. The highest BCUT2D eigenvalue weighted by atomic mass is 16.5. The average Bonchev–Trinajstić information content (AvgIpc) is 2.79. The normalized spacial score (nSPS) is 10.3. The first-order valence-electron chi connectivity index (χ1n) is 4.80. The van der Waals surface area contributed by atoms with E-state index in [0.29, 0.717) is 18.6 Å². The molecule has 5 heteroatoms. The molecule has 0 unspecified atom stereocenters. The predicted octanol–water partition coefficient (Wildman–Crippen LogP) is 1.23. The minimum Gasteiger partial charge on any atom is -0.380 e. The van der Waals surface area contributed by atoms with Crippen molar-refractivity contribution in [3.63, 3.8) is 0 Å². The Hall–Kier alpha value is -2.01. The molecule has 0 N–H and O–H groups in total. The second-order valence-corrected chi connectivity index (χ2v) is 3.27. The van der Waals surface area contributed by atoms with Gasteiger partial charge in [0.15, 0.2) is 6.29 Å². The van der Waals surface area contributed by atoms with Crippen LogP contribution in [0.1, 0.15) is 16.1 Å². The van der Waals surface area contributed by atoms with Crippen molar-refractivity contribution in [3.05, 3.63) is 41.7 Å². The van der Waals surface area contributed by atoms with Crippen LogP contribution in [0.15, 0.2) is 30.5 Å². The molecular formula is C11H11N3O2. The quantitative estimate of drug-likeness (QED) is 0.723. The number of aromatic nitrogens is 3. The van der Waals surface area contributed by atoms with E-state index in [9.17, 15) is 4.79 Å². The van der Waals surface area contributed by atoms with Crippen molar-refractivity contribution in [2.75, 3.05) is 7.11 Å². The molecule has 0 amide bonds. The number of hydrogen-bond donors (Lipinski definition) is 0. The third-order valence-corrected chi connectivity index (χ3v) is 2.17. The van der Waals surface area contributed by atoms with Crippen LogP contribution in [0.4, 0.5) is 0 Å². The van der Waals surface area contributed by atoms with Crippen LogP contribution in [0, 0.1) is 0 Å². The number of carbonyl (C=O) groups is 1. The third kappa shape index (κ3) is 1.99. The van der Waals surface area contributed by atoms with Crippen molar-refractivity contribution in [3.8, 4) is 5.69 Å². The Morgan fingerprint density at radius 1 is 1.44 bits per heavy atom. The van der Waals surface area contributed by atoms with E-state index in [1.807, 2.05) is 24.3 Å². The standard InChI is InChI=1S/C11H11N3O2/c1-16-8-9-4-2-3-5-11(9)14-6-10(7-15)12-13-14/h2-7H,8H2,1H3. The molecule has 0 aliphatic heterocycles. The zero-order valence-corrected chi connectivity index (χ0v) is 8.83. The molecule has 0 aliphatic rings. The lowest BCUT2D eigenvalue weighted by atomic mass is 10.2. The lowest BCUT2D eigenvalue weighted by Gasteiger charge is -2.07. The molecule has 0 radical (unpaired) electrons. The van der Waals surface area contributed by atoms with Crippen molar-refractivity contribution in [1.82, 2.24) is 15.0 Å². The van der Waals surface area contributed by atoms with Crippen LogP contribution in [0.5, 0.6) is 0 Å². The largest absolute Gasteiger partial charge is 0.380 e. The van der Waals surface area contributed by atoms with Crippen molar-refractivity contribution in [2.45, 2.75) is 6.61 Å². The molecule has 16 heavy (non-hydrogen) atoms. The summed E-state index contributed by atoms with van der Waals surface area (Å²) in [6.07, 6.45) is 2.25. The maximum absolute atomic E-state index is 10.5. The summed E-state index contributed by atoms with van der Waals surface area (Å²) in [5.74, 6) is 0. The Morgan fingerprint density at radius 3 is 2.94 bits per heavy atom. The first-order chi connectivity index (χ1) is 7.85. The highest BCUT2D eigenvalue weighted by molar-refractivity contribution is 5.70. The molecule has 1 aromatic carbocycles. The lowest BCUT2D eigenvalue weighted by molar-refractivity contribution is 0.111. The van der Waals surface area contributed by atoms with Gasteiger partial charge in [0.05, 0.1) is 18.5 Å². The second kappa shape index (κ2) is 4.67. The molecule has 0 saturated heterocycles. The van der Waals surface area contributed by atoms with Crippen molar-refractivity contribution < 1.29 is 9.53 Å². The fraction of sp³-hybridized carbons (Fsp3) is 0.182. The van der Waals surface area contributed by atoms with Crippen LogP contribution in [0.3, 0.4) is 0 Å². The summed E-state index contributed by atoms with van der Waals surface area (Å²) in [6, 6.07) is 7.67. The van der Waals surface area contributed by atoms with E-state index >= 15 is 0 Å². The molecule has 1 heterocycles.